The first kappa shape index (κ1) is 33.6. The van der Waals surface area contributed by atoms with E-state index >= 15 is 0 Å². The predicted molar refractivity (Wildman–Crippen MR) is 127 cm³/mol. The van der Waals surface area contributed by atoms with Gasteiger partial charge in [0.25, 0.3) is 0 Å². The van der Waals surface area contributed by atoms with Gasteiger partial charge >= 0.3 is 5.97 Å². The van der Waals surface area contributed by atoms with Crippen LogP contribution in [0.15, 0.2) is 0 Å². The molecule has 0 aromatic heterocycles. The van der Waals surface area contributed by atoms with Crippen molar-refractivity contribution in [2.24, 2.45) is 5.92 Å². The monoisotopic (exact) mass is 517 g/mol. The van der Waals surface area contributed by atoms with E-state index in [1.807, 2.05) is 0 Å². The van der Waals surface area contributed by atoms with Crippen LogP contribution in [-0.2, 0) is 28.8 Å². The van der Waals surface area contributed by atoms with Crippen LogP contribution in [0.1, 0.15) is 47.0 Å². The molecule has 13 heteroatoms. The molecule has 0 amide bonds. The second-order valence-electron chi connectivity index (χ2n) is 9.15. The number of rotatable bonds is 18. The lowest BCUT2D eigenvalue weighted by molar-refractivity contribution is -0.180. The van der Waals surface area contributed by atoms with Gasteiger partial charge in [-0.15, -0.1) is 0 Å². The van der Waals surface area contributed by atoms with Crippen LogP contribution in [0.3, 0.4) is 0 Å². The lowest BCUT2D eigenvalue weighted by Gasteiger charge is -2.34. The van der Waals surface area contributed by atoms with Gasteiger partial charge < -0.3 is 36.4 Å². The topological polar surface area (TPSA) is 219 Å². The number of carboxylic acids is 1. The zero-order valence-corrected chi connectivity index (χ0v) is 21.8. The lowest BCUT2D eigenvalue weighted by Crippen LogP contribution is -2.65. The standard InChI is InChI=1S/C23H39N3O10/c1-8-12(2)17(26-7)18(30)21(4,34)15(28)10-22(35,16(29)11-24-5)19(31)23(36,20(32)33)9-14(27)13(3)25-6/h12-13,17,24-26,34-36H,8-11H2,1-7H3,(H,32,33)/t12?,13-,17-,21?,22?,23?/m0/s1. The van der Waals surface area contributed by atoms with Crippen molar-refractivity contribution >= 4 is 34.9 Å². The third-order valence-electron chi connectivity index (χ3n) is 6.50. The number of carboxylic acid groups (broad SMARTS) is 1. The Morgan fingerprint density at radius 1 is 0.833 bits per heavy atom. The Hall–Kier alpha value is -2.42. The number of carbonyl (C=O) groups is 6. The summed E-state index contributed by atoms with van der Waals surface area (Å²) >= 11 is 0. The van der Waals surface area contributed by atoms with Crippen LogP contribution in [0.25, 0.3) is 0 Å². The van der Waals surface area contributed by atoms with Crippen molar-refractivity contribution in [3.8, 4) is 0 Å². The zero-order valence-electron chi connectivity index (χ0n) is 21.8. The van der Waals surface area contributed by atoms with Gasteiger partial charge in [0.1, 0.15) is 0 Å². The van der Waals surface area contributed by atoms with Crippen molar-refractivity contribution < 1.29 is 49.2 Å². The SMILES string of the molecule is CCC(C)[C@H](NC)C(=O)C(C)(O)C(=O)CC(O)(C(=O)CNC)C(=O)C(O)(CC(=O)[C@H](C)NC)C(=O)O. The van der Waals surface area contributed by atoms with Gasteiger partial charge in [0.2, 0.25) is 11.4 Å². The second kappa shape index (κ2) is 13.2. The smallest absolute Gasteiger partial charge is 0.344 e. The molecule has 36 heavy (non-hydrogen) atoms. The van der Waals surface area contributed by atoms with E-state index in [0.29, 0.717) is 6.42 Å². The summed E-state index contributed by atoms with van der Waals surface area (Å²) in [6, 6.07) is -1.99. The third-order valence-corrected chi connectivity index (χ3v) is 6.50. The van der Waals surface area contributed by atoms with E-state index in [-0.39, 0.29) is 5.92 Å². The molecule has 0 heterocycles. The van der Waals surface area contributed by atoms with Gasteiger partial charge in [0, 0.05) is 0 Å². The average molecular weight is 518 g/mol. The summed E-state index contributed by atoms with van der Waals surface area (Å²) in [6.07, 6.45) is -2.35. The Bertz CT molecular complexity index is 874. The Morgan fingerprint density at radius 3 is 1.75 bits per heavy atom. The van der Waals surface area contributed by atoms with Crippen LogP contribution < -0.4 is 16.0 Å². The quantitative estimate of drug-likeness (QED) is 0.0926. The summed E-state index contributed by atoms with van der Waals surface area (Å²) in [7, 11) is 4.06. The Kier molecular flexibility index (Phi) is 12.3. The molecule has 206 valence electrons. The Balaban J connectivity index is 6.53. The molecular formula is C23H39N3O10. The molecule has 0 aliphatic rings. The fourth-order valence-electron chi connectivity index (χ4n) is 3.53. The number of hydrogen-bond donors (Lipinski definition) is 7. The van der Waals surface area contributed by atoms with Crippen LogP contribution in [0.2, 0.25) is 0 Å². The number of hydrogen-bond acceptors (Lipinski definition) is 12. The fraction of sp³-hybridized carbons (Fsp3) is 0.739. The highest BCUT2D eigenvalue weighted by molar-refractivity contribution is 6.24. The number of ketones is 5. The molecule has 0 radical (unpaired) electrons. The first-order chi connectivity index (χ1) is 16.4. The molecule has 0 aliphatic carbocycles. The summed E-state index contributed by atoms with van der Waals surface area (Å²) in [4.78, 5) is 76.2. The van der Waals surface area contributed by atoms with Crippen molar-refractivity contribution in [1.82, 2.24) is 16.0 Å². The minimum atomic E-state index is -3.58. The fourth-order valence-corrected chi connectivity index (χ4v) is 3.53. The molecule has 0 aromatic rings. The molecule has 13 nitrogen and oxygen atoms in total. The van der Waals surface area contributed by atoms with Crippen molar-refractivity contribution in [2.75, 3.05) is 27.7 Å². The number of nitrogens with one attached hydrogen (secondary N) is 3. The van der Waals surface area contributed by atoms with E-state index in [2.05, 4.69) is 16.0 Å². The molecular weight excluding hydrogens is 478 g/mol. The first-order valence-corrected chi connectivity index (χ1v) is 11.5. The van der Waals surface area contributed by atoms with Crippen molar-refractivity contribution in [3.05, 3.63) is 0 Å². The van der Waals surface area contributed by atoms with Gasteiger partial charge in [0.05, 0.1) is 31.5 Å². The normalized spacial score (nSPS) is 19.1. The zero-order chi connectivity index (χ0) is 28.6. The van der Waals surface area contributed by atoms with E-state index in [1.54, 1.807) is 13.8 Å². The Morgan fingerprint density at radius 2 is 1.36 bits per heavy atom. The number of Topliss-reactive ketones (excluding diaryl/α,β-unsaturated/α-hetero) is 5. The van der Waals surface area contributed by atoms with Crippen molar-refractivity contribution in [3.63, 3.8) is 0 Å². The number of carbonyl (C=O) groups excluding carboxylic acids is 5. The molecule has 0 saturated carbocycles. The van der Waals surface area contributed by atoms with Crippen LogP contribution in [-0.4, -0.2) is 112 Å². The molecule has 0 aromatic carbocycles. The van der Waals surface area contributed by atoms with E-state index in [4.69, 9.17) is 0 Å². The van der Waals surface area contributed by atoms with Gasteiger partial charge in [-0.3, -0.25) is 24.0 Å². The second-order valence-corrected chi connectivity index (χ2v) is 9.15. The first-order valence-electron chi connectivity index (χ1n) is 11.5. The highest BCUT2D eigenvalue weighted by Gasteiger charge is 2.60. The number of likely N-dealkylation sites (N-methyl/N-ethyl adjacent to an activating group) is 3. The van der Waals surface area contributed by atoms with E-state index in [0.717, 1.165) is 6.92 Å². The van der Waals surface area contributed by atoms with Crippen LogP contribution >= 0.6 is 0 Å². The number of aliphatic carboxylic acids is 1. The summed E-state index contributed by atoms with van der Waals surface area (Å²) in [5.74, 6) is -9.40. The minimum absolute atomic E-state index is 0.328. The average Bonchev–Trinajstić information content (AvgIpc) is 2.82. The Labute approximate surface area is 210 Å². The summed E-state index contributed by atoms with van der Waals surface area (Å²) in [5, 5.41) is 49.7. The molecule has 0 fully saturated rings. The largest absolute Gasteiger partial charge is 0.479 e. The molecule has 6 atom stereocenters. The van der Waals surface area contributed by atoms with Gasteiger partial charge in [-0.1, -0.05) is 20.3 Å². The predicted octanol–water partition coefficient (Wildman–Crippen LogP) is -2.63. The maximum Gasteiger partial charge on any atom is 0.344 e. The van der Waals surface area contributed by atoms with Crippen molar-refractivity contribution in [2.45, 2.75) is 75.8 Å². The van der Waals surface area contributed by atoms with E-state index in [9.17, 15) is 49.2 Å². The molecule has 0 saturated heterocycles. The van der Waals surface area contributed by atoms with Gasteiger partial charge in [-0.25, -0.2) is 4.79 Å². The van der Waals surface area contributed by atoms with Gasteiger partial charge in [0.15, 0.2) is 34.3 Å². The minimum Gasteiger partial charge on any atom is -0.479 e. The van der Waals surface area contributed by atoms with Gasteiger partial charge in [-0.2, -0.15) is 0 Å². The third kappa shape index (κ3) is 7.08. The molecule has 0 bridgehead atoms. The number of aliphatic hydroxyl groups is 3. The van der Waals surface area contributed by atoms with Crippen molar-refractivity contribution in [1.29, 1.82) is 0 Å². The highest BCUT2D eigenvalue weighted by Crippen LogP contribution is 2.29. The molecule has 0 rings (SSSR count). The summed E-state index contributed by atoms with van der Waals surface area (Å²) in [5.41, 5.74) is -9.85. The summed E-state index contributed by atoms with van der Waals surface area (Å²) in [6.45, 7) is 4.88. The lowest BCUT2D eigenvalue weighted by atomic mass is 9.73. The van der Waals surface area contributed by atoms with Crippen LogP contribution in [0.4, 0.5) is 0 Å². The molecule has 0 spiro atoms. The summed E-state index contributed by atoms with van der Waals surface area (Å²) < 4.78 is 0. The molecule has 7 N–H and O–H groups in total. The van der Waals surface area contributed by atoms with Crippen LogP contribution in [0.5, 0.6) is 0 Å². The maximum absolute atomic E-state index is 13.2. The molecule has 4 unspecified atom stereocenters. The highest BCUT2D eigenvalue weighted by atomic mass is 16.4. The van der Waals surface area contributed by atoms with E-state index in [1.165, 1.54) is 28.1 Å². The van der Waals surface area contributed by atoms with Crippen LogP contribution in [0, 0.1) is 5.92 Å². The molecule has 0 aliphatic heterocycles. The van der Waals surface area contributed by atoms with E-state index < -0.39 is 83.2 Å². The van der Waals surface area contributed by atoms with Gasteiger partial charge in [-0.05, 0) is 40.9 Å². The maximum atomic E-state index is 13.2.